The summed E-state index contributed by atoms with van der Waals surface area (Å²) in [5, 5.41) is 8.93. The number of hydrogen-bond donors (Lipinski definition) is 0. The van der Waals surface area contributed by atoms with Gasteiger partial charge in [-0.15, -0.1) is 0 Å². The van der Waals surface area contributed by atoms with Crippen molar-refractivity contribution in [3.63, 3.8) is 0 Å². The van der Waals surface area contributed by atoms with Gasteiger partial charge in [-0.1, -0.05) is 0 Å². The number of ether oxygens (including phenoxy) is 1. The number of aromatic nitrogens is 3. The fraction of sp³-hybridized carbons (Fsp3) is 0.286. The first-order valence-corrected chi connectivity index (χ1v) is 9.22. The lowest BCUT2D eigenvalue weighted by Crippen LogP contribution is -2.39. The van der Waals surface area contributed by atoms with Gasteiger partial charge in [0.2, 0.25) is 5.88 Å². The van der Waals surface area contributed by atoms with Crippen LogP contribution in [0.4, 0.5) is 0 Å². The predicted molar refractivity (Wildman–Crippen MR) is 103 cm³/mol. The number of hydrogen-bond acceptors (Lipinski definition) is 6. The Morgan fingerprint density at radius 1 is 1.07 bits per heavy atom. The van der Waals surface area contributed by atoms with Crippen molar-refractivity contribution in [3.05, 3.63) is 60.0 Å². The quantitative estimate of drug-likeness (QED) is 0.698. The number of piperidine rings is 1. The summed E-state index contributed by atoms with van der Waals surface area (Å²) in [6.45, 7) is 1.92. The molecular weight excluding hydrogens is 354 g/mol. The van der Waals surface area contributed by atoms with E-state index in [1.165, 1.54) is 0 Å². The molecule has 3 heterocycles. The Labute approximate surface area is 162 Å². The van der Waals surface area contributed by atoms with E-state index in [1.54, 1.807) is 36.8 Å². The van der Waals surface area contributed by atoms with Crippen LogP contribution in [0.5, 0.6) is 5.88 Å². The van der Waals surface area contributed by atoms with Gasteiger partial charge in [-0.3, -0.25) is 14.8 Å². The number of carbonyl (C=O) groups is 1. The van der Waals surface area contributed by atoms with E-state index in [0.717, 1.165) is 23.9 Å². The van der Waals surface area contributed by atoms with E-state index >= 15 is 0 Å². The molecule has 0 unspecified atom stereocenters. The second kappa shape index (κ2) is 8.01. The van der Waals surface area contributed by atoms with Crippen molar-refractivity contribution in [1.29, 1.82) is 5.26 Å². The van der Waals surface area contributed by atoms with Crippen LogP contribution in [0.2, 0.25) is 0 Å². The molecule has 3 aromatic rings. The average molecular weight is 373 g/mol. The van der Waals surface area contributed by atoms with Crippen molar-refractivity contribution in [3.8, 4) is 11.9 Å². The number of benzene rings is 1. The van der Waals surface area contributed by atoms with Gasteiger partial charge in [0.05, 0.1) is 29.3 Å². The van der Waals surface area contributed by atoms with Crippen LogP contribution in [0.25, 0.3) is 11.0 Å². The van der Waals surface area contributed by atoms with Gasteiger partial charge in [0.15, 0.2) is 0 Å². The summed E-state index contributed by atoms with van der Waals surface area (Å²) in [7, 11) is 0. The molecule has 4 rings (SSSR count). The Kier molecular flexibility index (Phi) is 5.11. The molecule has 140 valence electrons. The molecule has 0 spiro atoms. The summed E-state index contributed by atoms with van der Waals surface area (Å²) < 4.78 is 5.74. The number of rotatable bonds is 4. The Morgan fingerprint density at radius 3 is 2.64 bits per heavy atom. The lowest BCUT2D eigenvalue weighted by Gasteiger charge is -2.31. The normalized spacial score (nSPS) is 14.6. The number of pyridine rings is 1. The number of amides is 1. The fourth-order valence-corrected chi connectivity index (χ4v) is 3.34. The lowest BCUT2D eigenvalue weighted by atomic mass is 9.97. The molecule has 1 fully saturated rings. The molecule has 1 saturated heterocycles. The second-order valence-corrected chi connectivity index (χ2v) is 6.80. The zero-order valence-corrected chi connectivity index (χ0v) is 15.3. The average Bonchev–Trinajstić information content (AvgIpc) is 2.77. The van der Waals surface area contributed by atoms with Crippen LogP contribution in [-0.4, -0.2) is 45.5 Å². The van der Waals surface area contributed by atoms with Crippen molar-refractivity contribution in [2.24, 2.45) is 5.92 Å². The molecule has 0 radical (unpaired) electrons. The molecule has 1 amide bonds. The van der Waals surface area contributed by atoms with E-state index in [4.69, 9.17) is 10.00 Å². The summed E-state index contributed by atoms with van der Waals surface area (Å²) in [6.07, 6.45) is 6.59. The van der Waals surface area contributed by atoms with Crippen molar-refractivity contribution < 1.29 is 9.53 Å². The molecule has 1 aromatic carbocycles. The zero-order valence-electron chi connectivity index (χ0n) is 15.3. The number of carbonyl (C=O) groups excluding carboxylic acids is 1. The number of likely N-dealkylation sites (tertiary alicyclic amines) is 1. The van der Waals surface area contributed by atoms with Gasteiger partial charge < -0.3 is 9.64 Å². The molecular formula is C21H19N5O2. The smallest absolute Gasteiger partial charge is 0.253 e. The first-order valence-electron chi connectivity index (χ1n) is 9.22. The molecule has 28 heavy (non-hydrogen) atoms. The van der Waals surface area contributed by atoms with Gasteiger partial charge in [-0.2, -0.15) is 5.26 Å². The molecule has 0 aliphatic carbocycles. The monoisotopic (exact) mass is 373 g/mol. The highest BCUT2D eigenvalue weighted by Crippen LogP contribution is 2.21. The SMILES string of the molecule is N#Cc1ccnc(OCC2CCN(C(=O)c3ccc4nccnc4c3)CC2)c1. The maximum Gasteiger partial charge on any atom is 0.253 e. The predicted octanol–water partition coefficient (Wildman–Crippen LogP) is 2.83. The Bertz CT molecular complexity index is 1040. The second-order valence-electron chi connectivity index (χ2n) is 6.80. The van der Waals surface area contributed by atoms with Gasteiger partial charge in [-0.25, -0.2) is 4.98 Å². The standard InChI is InChI=1S/C21H19N5O2/c22-13-16-3-6-25-20(11-16)28-14-15-4-9-26(10-5-15)21(27)17-1-2-18-19(12-17)24-8-7-23-18/h1-3,6-8,11-12,15H,4-5,9-10,14H2. The maximum absolute atomic E-state index is 12.8. The molecule has 7 nitrogen and oxygen atoms in total. The molecule has 1 aliphatic heterocycles. The highest BCUT2D eigenvalue weighted by atomic mass is 16.5. The van der Waals surface area contributed by atoms with Gasteiger partial charge in [0, 0.05) is 43.3 Å². The van der Waals surface area contributed by atoms with Crippen LogP contribution in [0.1, 0.15) is 28.8 Å². The number of nitriles is 1. The Balaban J connectivity index is 1.33. The van der Waals surface area contributed by atoms with Crippen LogP contribution in [0, 0.1) is 17.2 Å². The number of fused-ring (bicyclic) bond motifs is 1. The molecule has 2 aromatic heterocycles. The number of nitrogens with zero attached hydrogens (tertiary/aromatic N) is 5. The summed E-state index contributed by atoms with van der Waals surface area (Å²) in [5.74, 6) is 0.851. The molecule has 0 bridgehead atoms. The lowest BCUT2D eigenvalue weighted by molar-refractivity contribution is 0.0659. The largest absolute Gasteiger partial charge is 0.477 e. The fourth-order valence-electron chi connectivity index (χ4n) is 3.34. The highest BCUT2D eigenvalue weighted by Gasteiger charge is 2.24. The van der Waals surface area contributed by atoms with Crippen molar-refractivity contribution >= 4 is 16.9 Å². The van der Waals surface area contributed by atoms with Crippen LogP contribution < -0.4 is 4.74 Å². The minimum absolute atomic E-state index is 0.0234. The van der Waals surface area contributed by atoms with Crippen molar-refractivity contribution in [1.82, 2.24) is 19.9 Å². The molecule has 0 saturated carbocycles. The summed E-state index contributed by atoms with van der Waals surface area (Å²) in [6, 6.07) is 10.8. The van der Waals surface area contributed by atoms with E-state index in [-0.39, 0.29) is 5.91 Å². The third-order valence-electron chi connectivity index (χ3n) is 4.95. The van der Waals surface area contributed by atoms with Crippen molar-refractivity contribution in [2.45, 2.75) is 12.8 Å². The summed E-state index contributed by atoms with van der Waals surface area (Å²) in [5.41, 5.74) is 2.68. The van der Waals surface area contributed by atoms with Crippen LogP contribution in [-0.2, 0) is 0 Å². The van der Waals surface area contributed by atoms with Gasteiger partial charge >= 0.3 is 0 Å². The van der Waals surface area contributed by atoms with E-state index < -0.39 is 0 Å². The molecule has 7 heteroatoms. The first kappa shape index (κ1) is 17.9. The molecule has 1 aliphatic rings. The first-order chi connectivity index (χ1) is 13.7. The van der Waals surface area contributed by atoms with E-state index in [9.17, 15) is 4.79 Å². The minimum Gasteiger partial charge on any atom is -0.477 e. The molecule has 0 N–H and O–H groups in total. The summed E-state index contributed by atoms with van der Waals surface area (Å²) >= 11 is 0. The van der Waals surface area contributed by atoms with E-state index in [0.29, 0.717) is 42.6 Å². The minimum atomic E-state index is 0.0234. The highest BCUT2D eigenvalue weighted by molar-refractivity contribution is 5.97. The Hall–Kier alpha value is -3.53. The van der Waals surface area contributed by atoms with Crippen LogP contribution >= 0.6 is 0 Å². The maximum atomic E-state index is 12.8. The van der Waals surface area contributed by atoms with Gasteiger partial charge in [-0.05, 0) is 43.0 Å². The van der Waals surface area contributed by atoms with E-state index in [2.05, 4.69) is 21.0 Å². The van der Waals surface area contributed by atoms with Gasteiger partial charge in [0.25, 0.3) is 5.91 Å². The zero-order chi connectivity index (χ0) is 19.3. The van der Waals surface area contributed by atoms with Crippen LogP contribution in [0.3, 0.4) is 0 Å². The molecule has 0 atom stereocenters. The van der Waals surface area contributed by atoms with E-state index in [1.807, 2.05) is 17.0 Å². The third kappa shape index (κ3) is 3.91. The van der Waals surface area contributed by atoms with Gasteiger partial charge in [0.1, 0.15) is 0 Å². The van der Waals surface area contributed by atoms with Crippen LogP contribution in [0.15, 0.2) is 48.9 Å². The summed E-state index contributed by atoms with van der Waals surface area (Å²) in [4.78, 5) is 27.3. The Morgan fingerprint density at radius 2 is 1.86 bits per heavy atom. The topological polar surface area (TPSA) is 92.0 Å². The third-order valence-corrected chi connectivity index (χ3v) is 4.95. The van der Waals surface area contributed by atoms with Crippen molar-refractivity contribution in [2.75, 3.05) is 19.7 Å².